The molecule has 0 saturated heterocycles. The molecule has 2 N–H and O–H groups in total. The number of halogens is 1. The lowest BCUT2D eigenvalue weighted by Crippen LogP contribution is -2.07. The summed E-state index contributed by atoms with van der Waals surface area (Å²) in [6.45, 7) is 3.01. The monoisotopic (exact) mass is 321 g/mol. The standard InChI is InChI=1S/C13H16BrN5/c1-2-3-8-15-13-18-12(9-16-19-13)17-11-6-4-10(14)5-7-11/h4-7,9H,2-3,8H2,1H3,(H2,15,17,18,19). The first-order chi connectivity index (χ1) is 9.28. The topological polar surface area (TPSA) is 62.7 Å². The van der Waals surface area contributed by atoms with Gasteiger partial charge >= 0.3 is 0 Å². The second kappa shape index (κ2) is 7.04. The van der Waals surface area contributed by atoms with Crippen LogP contribution in [0.5, 0.6) is 0 Å². The van der Waals surface area contributed by atoms with Crippen molar-refractivity contribution in [2.24, 2.45) is 0 Å². The van der Waals surface area contributed by atoms with E-state index in [-0.39, 0.29) is 0 Å². The van der Waals surface area contributed by atoms with Gasteiger partial charge in [0.05, 0.1) is 6.20 Å². The van der Waals surface area contributed by atoms with Crippen molar-refractivity contribution in [3.8, 4) is 0 Å². The number of benzene rings is 1. The lowest BCUT2D eigenvalue weighted by atomic mass is 10.3. The van der Waals surface area contributed by atoms with Crippen molar-refractivity contribution in [3.05, 3.63) is 34.9 Å². The molecule has 2 aromatic rings. The smallest absolute Gasteiger partial charge is 0.244 e. The van der Waals surface area contributed by atoms with Gasteiger partial charge in [-0.1, -0.05) is 29.3 Å². The molecule has 0 aliphatic carbocycles. The Labute approximate surface area is 121 Å². The number of aromatic nitrogens is 3. The molecule has 100 valence electrons. The maximum Gasteiger partial charge on any atom is 0.244 e. The molecular formula is C13H16BrN5. The van der Waals surface area contributed by atoms with Gasteiger partial charge in [0.1, 0.15) is 0 Å². The van der Waals surface area contributed by atoms with E-state index in [0.29, 0.717) is 11.8 Å². The van der Waals surface area contributed by atoms with Crippen LogP contribution in [0.15, 0.2) is 34.9 Å². The third kappa shape index (κ3) is 4.48. The average molecular weight is 322 g/mol. The Morgan fingerprint density at radius 3 is 2.74 bits per heavy atom. The van der Waals surface area contributed by atoms with E-state index in [0.717, 1.165) is 29.5 Å². The fourth-order valence-electron chi connectivity index (χ4n) is 1.50. The van der Waals surface area contributed by atoms with E-state index < -0.39 is 0 Å². The van der Waals surface area contributed by atoms with Gasteiger partial charge < -0.3 is 10.6 Å². The summed E-state index contributed by atoms with van der Waals surface area (Å²) in [7, 11) is 0. The molecule has 0 saturated carbocycles. The third-order valence-corrected chi connectivity index (χ3v) is 3.02. The Bertz CT molecular complexity index is 515. The summed E-state index contributed by atoms with van der Waals surface area (Å²) in [5.74, 6) is 1.23. The van der Waals surface area contributed by atoms with Crippen LogP contribution in [0.1, 0.15) is 19.8 Å². The van der Waals surface area contributed by atoms with Crippen LogP contribution in [-0.4, -0.2) is 21.7 Å². The summed E-state index contributed by atoms with van der Waals surface area (Å²) >= 11 is 3.40. The molecule has 1 heterocycles. The molecule has 1 aromatic carbocycles. The van der Waals surface area contributed by atoms with Gasteiger partial charge in [0.25, 0.3) is 0 Å². The third-order valence-electron chi connectivity index (χ3n) is 2.49. The largest absolute Gasteiger partial charge is 0.353 e. The fraction of sp³-hybridized carbons (Fsp3) is 0.308. The maximum absolute atomic E-state index is 4.35. The van der Waals surface area contributed by atoms with E-state index in [1.165, 1.54) is 0 Å². The zero-order valence-electron chi connectivity index (χ0n) is 10.7. The van der Waals surface area contributed by atoms with Crippen LogP contribution in [0.4, 0.5) is 17.5 Å². The summed E-state index contributed by atoms with van der Waals surface area (Å²) < 4.78 is 1.04. The molecule has 0 fully saturated rings. The van der Waals surface area contributed by atoms with Crippen molar-refractivity contribution >= 4 is 33.4 Å². The second-order valence-electron chi connectivity index (χ2n) is 4.08. The first-order valence-electron chi connectivity index (χ1n) is 6.24. The number of unbranched alkanes of at least 4 members (excludes halogenated alkanes) is 1. The molecule has 0 spiro atoms. The molecule has 0 amide bonds. The summed E-state index contributed by atoms with van der Waals surface area (Å²) in [6.07, 6.45) is 3.83. The molecule has 0 aliphatic rings. The molecule has 2 rings (SSSR count). The van der Waals surface area contributed by atoms with E-state index in [1.54, 1.807) is 6.20 Å². The minimum absolute atomic E-state index is 0.551. The summed E-state index contributed by atoms with van der Waals surface area (Å²) in [5.41, 5.74) is 0.961. The molecule has 0 aliphatic heterocycles. The predicted octanol–water partition coefficient (Wildman–Crippen LogP) is 3.59. The Hall–Kier alpha value is -1.69. The first-order valence-corrected chi connectivity index (χ1v) is 7.03. The van der Waals surface area contributed by atoms with Crippen LogP contribution < -0.4 is 10.6 Å². The normalized spacial score (nSPS) is 10.2. The molecule has 19 heavy (non-hydrogen) atoms. The van der Waals surface area contributed by atoms with E-state index in [2.05, 4.69) is 48.7 Å². The quantitative estimate of drug-likeness (QED) is 0.796. The molecule has 6 heteroatoms. The second-order valence-corrected chi connectivity index (χ2v) is 4.99. The zero-order valence-corrected chi connectivity index (χ0v) is 12.3. The highest BCUT2D eigenvalue weighted by Crippen LogP contribution is 2.17. The Balaban J connectivity index is 2.00. The van der Waals surface area contributed by atoms with Crippen LogP contribution in [-0.2, 0) is 0 Å². The van der Waals surface area contributed by atoms with Crippen molar-refractivity contribution in [2.45, 2.75) is 19.8 Å². The van der Waals surface area contributed by atoms with Crippen molar-refractivity contribution in [1.82, 2.24) is 15.2 Å². The Morgan fingerprint density at radius 1 is 1.21 bits per heavy atom. The van der Waals surface area contributed by atoms with E-state index in [9.17, 15) is 0 Å². The van der Waals surface area contributed by atoms with E-state index in [4.69, 9.17) is 0 Å². The molecular weight excluding hydrogens is 306 g/mol. The summed E-state index contributed by atoms with van der Waals surface area (Å²) in [5, 5.41) is 14.2. The average Bonchev–Trinajstić information content (AvgIpc) is 2.42. The maximum atomic E-state index is 4.35. The number of hydrogen-bond donors (Lipinski definition) is 2. The summed E-state index contributed by atoms with van der Waals surface area (Å²) in [4.78, 5) is 4.35. The number of nitrogens with one attached hydrogen (secondary N) is 2. The lowest BCUT2D eigenvalue weighted by Gasteiger charge is -2.07. The van der Waals surface area contributed by atoms with Gasteiger partial charge in [-0.3, -0.25) is 0 Å². The van der Waals surface area contributed by atoms with Crippen LogP contribution >= 0.6 is 15.9 Å². The van der Waals surface area contributed by atoms with Gasteiger partial charge in [-0.2, -0.15) is 10.1 Å². The summed E-state index contributed by atoms with van der Waals surface area (Å²) in [6, 6.07) is 7.88. The van der Waals surface area contributed by atoms with Gasteiger partial charge in [0.2, 0.25) is 5.95 Å². The van der Waals surface area contributed by atoms with Crippen molar-refractivity contribution < 1.29 is 0 Å². The van der Waals surface area contributed by atoms with Gasteiger partial charge in [-0.25, -0.2) is 0 Å². The number of anilines is 3. The number of hydrogen-bond acceptors (Lipinski definition) is 5. The molecule has 0 bridgehead atoms. The van der Waals surface area contributed by atoms with Crippen LogP contribution in [0.2, 0.25) is 0 Å². The molecule has 0 atom stereocenters. The van der Waals surface area contributed by atoms with Crippen LogP contribution in [0.3, 0.4) is 0 Å². The van der Waals surface area contributed by atoms with Crippen LogP contribution in [0.25, 0.3) is 0 Å². The van der Waals surface area contributed by atoms with E-state index >= 15 is 0 Å². The molecule has 0 unspecified atom stereocenters. The highest BCUT2D eigenvalue weighted by molar-refractivity contribution is 9.10. The van der Waals surface area contributed by atoms with Crippen molar-refractivity contribution in [2.75, 3.05) is 17.2 Å². The van der Waals surface area contributed by atoms with Gasteiger partial charge in [-0.15, -0.1) is 5.10 Å². The van der Waals surface area contributed by atoms with Gasteiger partial charge in [0, 0.05) is 16.7 Å². The first kappa shape index (κ1) is 13.7. The highest BCUT2D eigenvalue weighted by atomic mass is 79.9. The fourth-order valence-corrected chi connectivity index (χ4v) is 1.76. The Morgan fingerprint density at radius 2 is 2.00 bits per heavy atom. The number of rotatable bonds is 6. The predicted molar refractivity (Wildman–Crippen MR) is 80.6 cm³/mol. The van der Waals surface area contributed by atoms with E-state index in [1.807, 2.05) is 24.3 Å². The minimum Gasteiger partial charge on any atom is -0.353 e. The minimum atomic E-state index is 0.551. The van der Waals surface area contributed by atoms with Gasteiger partial charge in [-0.05, 0) is 30.7 Å². The Kier molecular flexibility index (Phi) is 5.09. The lowest BCUT2D eigenvalue weighted by molar-refractivity contribution is 0.819. The van der Waals surface area contributed by atoms with Gasteiger partial charge in [0.15, 0.2) is 5.82 Å². The van der Waals surface area contributed by atoms with Crippen molar-refractivity contribution in [3.63, 3.8) is 0 Å². The molecule has 0 radical (unpaired) electrons. The number of nitrogens with zero attached hydrogens (tertiary/aromatic N) is 3. The highest BCUT2D eigenvalue weighted by Gasteiger charge is 2.00. The zero-order chi connectivity index (χ0) is 13.5. The SMILES string of the molecule is CCCCNc1nncc(Nc2ccc(Br)cc2)n1. The molecule has 1 aromatic heterocycles. The molecule has 5 nitrogen and oxygen atoms in total. The van der Waals surface area contributed by atoms with Crippen LogP contribution in [0, 0.1) is 0 Å². The van der Waals surface area contributed by atoms with Crippen molar-refractivity contribution in [1.29, 1.82) is 0 Å².